The van der Waals surface area contributed by atoms with Gasteiger partial charge in [-0.1, -0.05) is 11.6 Å². The number of nitrogens with zero attached hydrogens (tertiary/aromatic N) is 1. The van der Waals surface area contributed by atoms with Crippen LogP contribution >= 0.6 is 22.9 Å². The largest absolute Gasteiger partial charge is 0.364 e. The lowest BCUT2D eigenvalue weighted by molar-refractivity contribution is 0.334. The molecule has 0 spiro atoms. The molecule has 3 heterocycles. The summed E-state index contributed by atoms with van der Waals surface area (Å²) < 4.78 is 6.56. The first-order valence-corrected chi connectivity index (χ1v) is 5.57. The highest BCUT2D eigenvalue weighted by atomic mass is 35.5. The Labute approximate surface area is 90.5 Å². The fourth-order valence-electron chi connectivity index (χ4n) is 1.41. The molecule has 3 rings (SSSR count). The maximum Gasteiger partial charge on any atom is 0.129 e. The summed E-state index contributed by atoms with van der Waals surface area (Å²) in [5, 5.41) is 0.545. The van der Waals surface area contributed by atoms with E-state index in [1.165, 1.54) is 9.58 Å². The fourth-order valence-corrected chi connectivity index (χ4v) is 2.65. The molecule has 0 amide bonds. The van der Waals surface area contributed by atoms with Crippen LogP contribution in [0, 0.1) is 0 Å². The molecule has 0 N–H and O–H groups in total. The SMILES string of the molecule is CC1(c2cc3nc(Cl)ccc3s2)CO1. The zero-order chi connectivity index (χ0) is 9.76. The van der Waals surface area contributed by atoms with E-state index in [0.717, 1.165) is 12.1 Å². The smallest absolute Gasteiger partial charge is 0.129 e. The number of pyridine rings is 1. The van der Waals surface area contributed by atoms with Crippen LogP contribution in [0.4, 0.5) is 0 Å². The Bertz CT molecular complexity index is 504. The van der Waals surface area contributed by atoms with Gasteiger partial charge < -0.3 is 4.74 Å². The molecule has 0 radical (unpaired) electrons. The van der Waals surface area contributed by atoms with Crippen LogP contribution in [0.15, 0.2) is 18.2 Å². The number of thiophene rings is 1. The fraction of sp³-hybridized carbons (Fsp3) is 0.300. The molecular weight excluding hydrogens is 218 g/mol. The first kappa shape index (κ1) is 8.65. The van der Waals surface area contributed by atoms with Gasteiger partial charge in [-0.15, -0.1) is 11.3 Å². The predicted molar refractivity (Wildman–Crippen MR) is 57.9 cm³/mol. The summed E-state index contributed by atoms with van der Waals surface area (Å²) in [6.07, 6.45) is 0. The van der Waals surface area contributed by atoms with Gasteiger partial charge in [-0.2, -0.15) is 0 Å². The molecule has 0 aromatic carbocycles. The van der Waals surface area contributed by atoms with Crippen molar-refractivity contribution in [1.29, 1.82) is 0 Å². The van der Waals surface area contributed by atoms with Gasteiger partial charge in [0.25, 0.3) is 0 Å². The summed E-state index contributed by atoms with van der Waals surface area (Å²) in [7, 11) is 0. The Hall–Kier alpha value is -0.640. The van der Waals surface area contributed by atoms with E-state index in [0.29, 0.717) is 5.15 Å². The van der Waals surface area contributed by atoms with Gasteiger partial charge in [0.1, 0.15) is 10.8 Å². The van der Waals surface area contributed by atoms with Crippen molar-refractivity contribution in [2.45, 2.75) is 12.5 Å². The summed E-state index contributed by atoms with van der Waals surface area (Å²) in [6, 6.07) is 5.89. The standard InChI is InChI=1S/C10H8ClNOS/c1-10(5-13-10)8-4-6-7(14-8)2-3-9(11)12-6/h2-4H,5H2,1H3. The highest BCUT2D eigenvalue weighted by Crippen LogP contribution is 2.43. The molecule has 1 aliphatic heterocycles. The number of hydrogen-bond acceptors (Lipinski definition) is 3. The number of halogens is 1. The maximum atomic E-state index is 5.82. The number of ether oxygens (including phenoxy) is 1. The van der Waals surface area contributed by atoms with Crippen molar-refractivity contribution in [1.82, 2.24) is 4.98 Å². The molecule has 1 fully saturated rings. The van der Waals surface area contributed by atoms with Crippen LogP contribution in [0.1, 0.15) is 11.8 Å². The average Bonchev–Trinajstić information content (AvgIpc) is 2.77. The lowest BCUT2D eigenvalue weighted by Gasteiger charge is -1.96. The Morgan fingerprint density at radius 3 is 3.07 bits per heavy atom. The Morgan fingerprint density at radius 1 is 1.57 bits per heavy atom. The first-order chi connectivity index (χ1) is 6.67. The third-order valence-electron chi connectivity index (χ3n) is 2.44. The van der Waals surface area contributed by atoms with Crippen molar-refractivity contribution in [3.05, 3.63) is 28.2 Å². The summed E-state index contributed by atoms with van der Waals surface area (Å²) in [5.41, 5.74) is 0.909. The molecule has 2 aromatic heterocycles. The van der Waals surface area contributed by atoms with Gasteiger partial charge in [0.2, 0.25) is 0 Å². The highest BCUT2D eigenvalue weighted by molar-refractivity contribution is 7.19. The first-order valence-electron chi connectivity index (χ1n) is 4.38. The Balaban J connectivity index is 2.20. The van der Waals surface area contributed by atoms with Gasteiger partial charge in [0, 0.05) is 4.88 Å². The van der Waals surface area contributed by atoms with E-state index < -0.39 is 0 Å². The Morgan fingerprint density at radius 2 is 2.36 bits per heavy atom. The number of fused-ring (bicyclic) bond motifs is 1. The normalized spacial score (nSPS) is 25.6. The van der Waals surface area contributed by atoms with Crippen molar-refractivity contribution in [3.8, 4) is 0 Å². The number of epoxide rings is 1. The summed E-state index contributed by atoms with van der Waals surface area (Å²) in [6.45, 7) is 2.91. The third-order valence-corrected chi connectivity index (χ3v) is 3.98. The van der Waals surface area contributed by atoms with Crippen molar-refractivity contribution >= 4 is 33.2 Å². The van der Waals surface area contributed by atoms with E-state index in [2.05, 4.69) is 18.0 Å². The molecule has 1 aliphatic rings. The van der Waals surface area contributed by atoms with Gasteiger partial charge in [0.15, 0.2) is 0 Å². The topological polar surface area (TPSA) is 25.4 Å². The van der Waals surface area contributed by atoms with Crippen molar-refractivity contribution in [2.75, 3.05) is 6.61 Å². The molecule has 14 heavy (non-hydrogen) atoms. The van der Waals surface area contributed by atoms with Gasteiger partial charge in [0.05, 0.1) is 16.8 Å². The molecule has 1 unspecified atom stereocenters. The minimum Gasteiger partial charge on any atom is -0.364 e. The van der Waals surface area contributed by atoms with Crippen molar-refractivity contribution in [3.63, 3.8) is 0 Å². The van der Waals surface area contributed by atoms with Gasteiger partial charge in [-0.3, -0.25) is 0 Å². The Kier molecular flexibility index (Phi) is 1.66. The summed E-state index contributed by atoms with van der Waals surface area (Å²) in [5.74, 6) is 0. The second kappa shape index (κ2) is 2.69. The van der Waals surface area contributed by atoms with E-state index in [9.17, 15) is 0 Å². The van der Waals surface area contributed by atoms with Crippen LogP contribution in [0.3, 0.4) is 0 Å². The predicted octanol–water partition coefficient (Wildman–Crippen LogP) is 3.20. The molecule has 1 saturated heterocycles. The van der Waals surface area contributed by atoms with E-state index in [1.54, 1.807) is 11.3 Å². The maximum absolute atomic E-state index is 5.82. The molecular formula is C10H8ClNOS. The van der Waals surface area contributed by atoms with Crippen LogP contribution in [-0.4, -0.2) is 11.6 Å². The molecule has 2 aromatic rings. The van der Waals surface area contributed by atoms with Gasteiger partial charge >= 0.3 is 0 Å². The second-order valence-corrected chi connectivity index (χ2v) is 5.12. The average molecular weight is 226 g/mol. The van der Waals surface area contributed by atoms with Crippen LogP contribution in [0.2, 0.25) is 5.15 Å². The lowest BCUT2D eigenvalue weighted by atomic mass is 10.1. The van der Waals surface area contributed by atoms with Crippen LogP contribution < -0.4 is 0 Å². The van der Waals surface area contributed by atoms with Gasteiger partial charge in [-0.25, -0.2) is 4.98 Å². The van der Waals surface area contributed by atoms with Crippen LogP contribution in [0.5, 0.6) is 0 Å². The second-order valence-electron chi connectivity index (χ2n) is 3.65. The summed E-state index contributed by atoms with van der Waals surface area (Å²) >= 11 is 7.55. The van der Waals surface area contributed by atoms with E-state index >= 15 is 0 Å². The number of rotatable bonds is 1. The molecule has 2 nitrogen and oxygen atoms in total. The minimum absolute atomic E-state index is 0.0577. The quantitative estimate of drug-likeness (QED) is 0.550. The monoisotopic (exact) mass is 225 g/mol. The molecule has 4 heteroatoms. The lowest BCUT2D eigenvalue weighted by Crippen LogP contribution is -1.96. The van der Waals surface area contributed by atoms with E-state index in [1.807, 2.05) is 12.1 Å². The van der Waals surface area contributed by atoms with E-state index in [4.69, 9.17) is 16.3 Å². The number of hydrogen-bond donors (Lipinski definition) is 0. The van der Waals surface area contributed by atoms with Crippen LogP contribution in [-0.2, 0) is 10.3 Å². The number of aromatic nitrogens is 1. The molecule has 0 saturated carbocycles. The molecule has 0 bridgehead atoms. The zero-order valence-corrected chi connectivity index (χ0v) is 9.15. The van der Waals surface area contributed by atoms with Crippen LogP contribution in [0.25, 0.3) is 10.2 Å². The van der Waals surface area contributed by atoms with E-state index in [-0.39, 0.29) is 5.60 Å². The molecule has 72 valence electrons. The highest BCUT2D eigenvalue weighted by Gasteiger charge is 2.42. The third kappa shape index (κ3) is 1.24. The molecule has 0 aliphatic carbocycles. The summed E-state index contributed by atoms with van der Waals surface area (Å²) in [4.78, 5) is 5.50. The van der Waals surface area contributed by atoms with Crippen molar-refractivity contribution < 1.29 is 4.74 Å². The van der Waals surface area contributed by atoms with Crippen molar-refractivity contribution in [2.24, 2.45) is 0 Å². The molecule has 1 atom stereocenters. The minimum atomic E-state index is -0.0577. The zero-order valence-electron chi connectivity index (χ0n) is 7.58. The van der Waals surface area contributed by atoms with Gasteiger partial charge in [-0.05, 0) is 25.1 Å².